The average molecular weight is 644 g/mol. The number of fused-ring (bicyclic) bond motifs is 1. The van der Waals surface area contributed by atoms with Crippen LogP contribution in [0.25, 0.3) is 10.9 Å². The fraction of sp³-hybridized carbons (Fsp3) is 0.455. The number of nitrogens with zero attached hydrogens (tertiary/aromatic N) is 5. The Morgan fingerprint density at radius 3 is 2.78 bits per heavy atom. The smallest absolute Gasteiger partial charge is 0.286 e. The number of carbonyl (C=O) groups excluding carboxylic acids is 1. The molecule has 2 saturated heterocycles. The average Bonchev–Trinajstić information content (AvgIpc) is 3.24. The van der Waals surface area contributed by atoms with Crippen molar-refractivity contribution in [2.45, 2.75) is 30.0 Å². The maximum Gasteiger partial charge on any atom is 0.286 e. The number of carbonyl (C=O) groups is 1. The van der Waals surface area contributed by atoms with Crippen molar-refractivity contribution >= 4 is 75.4 Å². The van der Waals surface area contributed by atoms with Gasteiger partial charge in [-0.1, -0.05) is 11.3 Å². The molecular formula is C22H26IN7O4S2. The molecule has 14 heteroatoms. The third-order valence-electron chi connectivity index (χ3n) is 6.22. The molecule has 1 unspecified atom stereocenters. The van der Waals surface area contributed by atoms with E-state index in [4.69, 9.17) is 4.74 Å². The van der Waals surface area contributed by atoms with Gasteiger partial charge >= 0.3 is 0 Å². The number of piperidine rings is 1. The van der Waals surface area contributed by atoms with E-state index in [9.17, 15) is 13.2 Å². The third kappa shape index (κ3) is 5.56. The molecule has 1 aromatic carbocycles. The van der Waals surface area contributed by atoms with E-state index in [0.29, 0.717) is 25.5 Å². The minimum atomic E-state index is -3.79. The zero-order valence-corrected chi connectivity index (χ0v) is 23.4. The van der Waals surface area contributed by atoms with Crippen LogP contribution in [0.3, 0.4) is 0 Å². The first-order valence-corrected chi connectivity index (χ1v) is 15.0. The van der Waals surface area contributed by atoms with Crippen LogP contribution in [0.5, 0.6) is 0 Å². The van der Waals surface area contributed by atoms with Crippen LogP contribution in [0.1, 0.15) is 18.5 Å². The molecule has 192 valence electrons. The van der Waals surface area contributed by atoms with Crippen molar-refractivity contribution < 1.29 is 17.9 Å². The zero-order valence-electron chi connectivity index (χ0n) is 19.6. The number of anilines is 3. The normalized spacial score (nSPS) is 19.0. The Kier molecular flexibility index (Phi) is 7.57. The second-order valence-corrected chi connectivity index (χ2v) is 12.6. The van der Waals surface area contributed by atoms with E-state index in [0.717, 1.165) is 66.2 Å². The number of aryl methyl sites for hydroxylation is 1. The van der Waals surface area contributed by atoms with Crippen LogP contribution < -0.4 is 19.8 Å². The zero-order chi connectivity index (χ0) is 25.3. The van der Waals surface area contributed by atoms with Gasteiger partial charge in [-0.05, 0) is 38.0 Å². The summed E-state index contributed by atoms with van der Waals surface area (Å²) in [6.07, 6.45) is 3.11. The first-order chi connectivity index (χ1) is 17.3. The Bertz CT molecular complexity index is 1380. The molecule has 2 fully saturated rings. The molecule has 0 bridgehead atoms. The number of rotatable bonds is 6. The van der Waals surface area contributed by atoms with Crippen LogP contribution in [-0.2, 0) is 14.8 Å². The highest BCUT2D eigenvalue weighted by atomic mass is 127. The highest BCUT2D eigenvalue weighted by Crippen LogP contribution is 2.31. The molecular weight excluding hydrogens is 617 g/mol. The van der Waals surface area contributed by atoms with Crippen LogP contribution in [0.2, 0.25) is 0 Å². The van der Waals surface area contributed by atoms with Gasteiger partial charge in [0.1, 0.15) is 12.1 Å². The Labute approximate surface area is 226 Å². The monoisotopic (exact) mass is 643 g/mol. The van der Waals surface area contributed by atoms with Gasteiger partial charge in [0.15, 0.2) is 9.34 Å². The molecule has 2 aliphatic rings. The van der Waals surface area contributed by atoms with Crippen LogP contribution >= 0.6 is 33.9 Å². The van der Waals surface area contributed by atoms with E-state index >= 15 is 0 Å². The number of aromatic nitrogens is 3. The van der Waals surface area contributed by atoms with Gasteiger partial charge in [-0.15, -0.1) is 0 Å². The number of nitrogens with one attached hydrogen (secondary N) is 2. The molecule has 3 aromatic rings. The lowest BCUT2D eigenvalue weighted by Crippen LogP contribution is -2.48. The Hall–Kier alpha value is -2.14. The number of hydrogen-bond acceptors (Lipinski definition) is 10. The summed E-state index contributed by atoms with van der Waals surface area (Å²) >= 11 is 2.54. The van der Waals surface area contributed by atoms with Crippen molar-refractivity contribution in [2.24, 2.45) is 0 Å². The molecule has 0 saturated carbocycles. The van der Waals surface area contributed by atoms with Crippen molar-refractivity contribution in [2.75, 3.05) is 54.5 Å². The molecule has 0 radical (unpaired) electrons. The van der Waals surface area contributed by atoms with E-state index in [1.807, 2.05) is 6.07 Å². The maximum absolute atomic E-state index is 13.2. The lowest BCUT2D eigenvalue weighted by Gasteiger charge is -2.34. The predicted molar refractivity (Wildman–Crippen MR) is 148 cm³/mol. The molecule has 5 rings (SSSR count). The van der Waals surface area contributed by atoms with Gasteiger partial charge < -0.3 is 14.5 Å². The summed E-state index contributed by atoms with van der Waals surface area (Å²) in [5.74, 6) is 0.804. The lowest BCUT2D eigenvalue weighted by atomic mass is 10.1. The molecule has 1 atom stereocenters. The van der Waals surface area contributed by atoms with Gasteiger partial charge in [-0.3, -0.25) is 10.1 Å². The van der Waals surface area contributed by atoms with E-state index < -0.39 is 10.0 Å². The molecule has 1 amide bonds. The summed E-state index contributed by atoms with van der Waals surface area (Å²) in [5.41, 5.74) is 2.33. The number of ether oxygens (including phenoxy) is 1. The van der Waals surface area contributed by atoms with Crippen LogP contribution in [0, 0.1) is 6.92 Å². The summed E-state index contributed by atoms with van der Waals surface area (Å²) in [4.78, 5) is 29.0. The van der Waals surface area contributed by atoms with Crippen molar-refractivity contribution in [1.29, 1.82) is 0 Å². The minimum absolute atomic E-state index is 0.114. The molecule has 36 heavy (non-hydrogen) atoms. The van der Waals surface area contributed by atoms with E-state index in [1.54, 1.807) is 35.8 Å². The number of benzene rings is 1. The van der Waals surface area contributed by atoms with E-state index in [-0.39, 0.29) is 19.3 Å². The van der Waals surface area contributed by atoms with Crippen molar-refractivity contribution in [3.05, 3.63) is 30.2 Å². The van der Waals surface area contributed by atoms with E-state index in [2.05, 4.69) is 46.9 Å². The second kappa shape index (κ2) is 10.7. The molecule has 0 aliphatic carbocycles. The molecule has 2 N–H and O–H groups in total. The summed E-state index contributed by atoms with van der Waals surface area (Å²) in [6.45, 7) is 6.03. The summed E-state index contributed by atoms with van der Waals surface area (Å²) in [7, 11) is -3.79. The van der Waals surface area contributed by atoms with Crippen molar-refractivity contribution in [1.82, 2.24) is 19.7 Å². The molecule has 0 spiro atoms. The highest BCUT2D eigenvalue weighted by molar-refractivity contribution is 14.1. The molecule has 11 nitrogen and oxygen atoms in total. The number of thiazole rings is 1. The first kappa shape index (κ1) is 25.5. The topological polar surface area (TPSA) is 130 Å². The first-order valence-electron chi connectivity index (χ1n) is 11.6. The third-order valence-corrected chi connectivity index (χ3v) is 9.69. The van der Waals surface area contributed by atoms with Gasteiger partial charge in [0.05, 0.1) is 24.4 Å². The molecule has 2 aromatic heterocycles. The Morgan fingerprint density at radius 1 is 1.19 bits per heavy atom. The predicted octanol–water partition coefficient (Wildman–Crippen LogP) is 3.15. The summed E-state index contributed by atoms with van der Waals surface area (Å²) in [6, 6.07) is 5.93. The van der Waals surface area contributed by atoms with Crippen molar-refractivity contribution in [3.8, 4) is 0 Å². The fourth-order valence-electron chi connectivity index (χ4n) is 4.61. The van der Waals surface area contributed by atoms with Crippen LogP contribution in [0.4, 0.5) is 21.4 Å². The fourth-order valence-corrected chi connectivity index (χ4v) is 7.74. The second-order valence-electron chi connectivity index (χ2n) is 8.70. The van der Waals surface area contributed by atoms with Gasteiger partial charge in [-0.25, -0.2) is 28.1 Å². The number of halogens is 1. The maximum atomic E-state index is 13.2. The Morgan fingerprint density at radius 2 is 2.00 bits per heavy atom. The largest absolute Gasteiger partial charge is 0.378 e. The van der Waals surface area contributed by atoms with E-state index in [1.165, 1.54) is 0 Å². The van der Waals surface area contributed by atoms with Gasteiger partial charge in [0.2, 0.25) is 0 Å². The SMILES string of the molecule is Cc1nc(NC(=O)I)sc1S(=O)(=O)NC1CCCN(c2ncnc3cc(N4CCOCC4)ccc23)C1. The van der Waals surface area contributed by atoms with Gasteiger partial charge in [-0.2, -0.15) is 0 Å². The van der Waals surface area contributed by atoms with Crippen molar-refractivity contribution in [3.63, 3.8) is 0 Å². The standard InChI is InChI=1S/C22H26IN7O4S2/c1-14-20(35-22(26-14)27-21(23)31)36(32,33)28-15-3-2-6-30(12-15)19-17-5-4-16(11-18(17)24-13-25-19)29-7-9-34-10-8-29/h4-5,11,13,15,28H,2-3,6-10,12H2,1H3,(H,26,27,31). The highest BCUT2D eigenvalue weighted by Gasteiger charge is 2.29. The molecule has 2 aliphatic heterocycles. The number of hydrogen-bond donors (Lipinski definition) is 2. The number of sulfonamides is 1. The quantitative estimate of drug-likeness (QED) is 0.237. The minimum Gasteiger partial charge on any atom is -0.378 e. The number of morpholine rings is 1. The lowest BCUT2D eigenvalue weighted by molar-refractivity contribution is 0.122. The summed E-state index contributed by atoms with van der Waals surface area (Å²) < 4.78 is 34.4. The Balaban J connectivity index is 1.34. The number of amides is 1. The van der Waals surface area contributed by atoms with Crippen LogP contribution in [-0.4, -0.2) is 72.7 Å². The summed E-state index contributed by atoms with van der Waals surface area (Å²) in [5, 5.41) is 3.75. The van der Waals surface area contributed by atoms with Gasteiger partial charge in [0.25, 0.3) is 13.9 Å². The van der Waals surface area contributed by atoms with Crippen LogP contribution in [0.15, 0.2) is 28.7 Å². The molecule has 4 heterocycles. The van der Waals surface area contributed by atoms with Gasteiger partial charge in [0, 0.05) is 65.9 Å².